The first-order chi connectivity index (χ1) is 6.75. The Kier molecular flexibility index (Phi) is 2.86. The van der Waals surface area contributed by atoms with Crippen LogP contribution in [-0.2, 0) is 0 Å². The number of anilines is 1. The van der Waals surface area contributed by atoms with Gasteiger partial charge in [0.1, 0.15) is 5.03 Å². The normalized spacial score (nSPS) is 17.5. The molecule has 2 rings (SSSR count). The van der Waals surface area contributed by atoms with Crippen LogP contribution in [0.5, 0.6) is 0 Å². The van der Waals surface area contributed by atoms with Crippen molar-refractivity contribution in [2.24, 2.45) is 0 Å². The van der Waals surface area contributed by atoms with Gasteiger partial charge in [0.2, 0.25) is 5.95 Å². The Hall–Kier alpha value is -0.840. The molecule has 1 aliphatic rings. The fourth-order valence-electron chi connectivity index (χ4n) is 1.61. The number of nitrogens with two attached hydrogens (primary N) is 1. The molecule has 14 heavy (non-hydrogen) atoms. The van der Waals surface area contributed by atoms with Gasteiger partial charge in [0, 0.05) is 5.25 Å². The summed E-state index contributed by atoms with van der Waals surface area (Å²) in [6.07, 6.45) is 5.90. The number of halogens is 1. The maximum Gasteiger partial charge on any atom is 0.221 e. The van der Waals surface area contributed by atoms with Gasteiger partial charge < -0.3 is 5.73 Å². The Morgan fingerprint density at radius 1 is 1.43 bits per heavy atom. The monoisotopic (exact) mass is 213 g/mol. The predicted molar refractivity (Wildman–Crippen MR) is 54.5 cm³/mol. The lowest BCUT2D eigenvalue weighted by Gasteiger charge is -2.08. The zero-order chi connectivity index (χ0) is 9.97. The summed E-state index contributed by atoms with van der Waals surface area (Å²) in [7, 11) is 0. The van der Waals surface area contributed by atoms with Gasteiger partial charge in [-0.25, -0.2) is 14.4 Å². The molecule has 0 aliphatic heterocycles. The highest BCUT2D eigenvalue weighted by molar-refractivity contribution is 7.99. The first-order valence-corrected chi connectivity index (χ1v) is 5.58. The van der Waals surface area contributed by atoms with E-state index < -0.39 is 0 Å². The lowest BCUT2D eigenvalue weighted by atomic mass is 10.4. The fourth-order valence-corrected chi connectivity index (χ4v) is 2.81. The molecule has 1 heterocycles. The second kappa shape index (κ2) is 4.13. The van der Waals surface area contributed by atoms with Crippen molar-refractivity contribution in [3.63, 3.8) is 0 Å². The van der Waals surface area contributed by atoms with Crippen molar-refractivity contribution in [3.05, 3.63) is 12.0 Å². The molecule has 0 aromatic carbocycles. The Morgan fingerprint density at radius 2 is 2.14 bits per heavy atom. The molecule has 1 fully saturated rings. The molecule has 0 unspecified atom stereocenters. The number of hydrogen-bond acceptors (Lipinski definition) is 4. The van der Waals surface area contributed by atoms with Crippen molar-refractivity contribution in [3.8, 4) is 0 Å². The van der Waals surface area contributed by atoms with Gasteiger partial charge in [-0.05, 0) is 12.8 Å². The first-order valence-electron chi connectivity index (χ1n) is 4.70. The van der Waals surface area contributed by atoms with Crippen LogP contribution >= 0.6 is 11.8 Å². The lowest BCUT2D eigenvalue weighted by molar-refractivity contribution is 0.579. The minimum atomic E-state index is -0.365. The lowest BCUT2D eigenvalue weighted by Crippen LogP contribution is -2.01. The minimum absolute atomic E-state index is 0.145. The molecule has 0 radical (unpaired) electrons. The van der Waals surface area contributed by atoms with Crippen LogP contribution in [-0.4, -0.2) is 15.2 Å². The molecule has 0 amide bonds. The molecular formula is C9H12FN3S. The number of nitrogens with zero attached hydrogens (tertiary/aromatic N) is 2. The molecule has 1 aromatic rings. The van der Waals surface area contributed by atoms with Crippen molar-refractivity contribution in [1.82, 2.24) is 9.97 Å². The molecule has 2 N–H and O–H groups in total. The molecule has 1 aliphatic carbocycles. The van der Waals surface area contributed by atoms with Crippen LogP contribution in [0, 0.1) is 5.82 Å². The highest BCUT2D eigenvalue weighted by Crippen LogP contribution is 2.34. The maximum absolute atomic E-state index is 13.2. The standard InChI is InChI=1S/C9H12FN3S/c10-7-5-12-9(11)13-8(7)14-6-3-1-2-4-6/h5-6H,1-4H2,(H2,11,12,13). The number of nitrogen functional groups attached to an aromatic ring is 1. The molecule has 0 spiro atoms. The summed E-state index contributed by atoms with van der Waals surface area (Å²) < 4.78 is 13.2. The van der Waals surface area contributed by atoms with Crippen LogP contribution in [0.25, 0.3) is 0 Å². The third kappa shape index (κ3) is 2.15. The molecule has 76 valence electrons. The molecule has 3 nitrogen and oxygen atoms in total. The third-order valence-electron chi connectivity index (χ3n) is 2.31. The second-order valence-electron chi connectivity index (χ2n) is 3.41. The van der Waals surface area contributed by atoms with E-state index in [1.165, 1.54) is 24.6 Å². The van der Waals surface area contributed by atoms with Gasteiger partial charge in [0.05, 0.1) is 6.20 Å². The fraction of sp³-hybridized carbons (Fsp3) is 0.556. The molecule has 5 heteroatoms. The van der Waals surface area contributed by atoms with Gasteiger partial charge in [-0.3, -0.25) is 0 Å². The minimum Gasteiger partial charge on any atom is -0.368 e. The van der Waals surface area contributed by atoms with E-state index in [4.69, 9.17) is 5.73 Å². The van der Waals surface area contributed by atoms with E-state index in [1.54, 1.807) is 0 Å². The van der Waals surface area contributed by atoms with Crippen LogP contribution in [0.15, 0.2) is 11.2 Å². The largest absolute Gasteiger partial charge is 0.368 e. The van der Waals surface area contributed by atoms with E-state index in [0.717, 1.165) is 19.0 Å². The summed E-state index contributed by atoms with van der Waals surface area (Å²) in [6, 6.07) is 0. The average Bonchev–Trinajstić information content (AvgIpc) is 2.64. The summed E-state index contributed by atoms with van der Waals surface area (Å²) in [5.41, 5.74) is 5.40. The summed E-state index contributed by atoms with van der Waals surface area (Å²) >= 11 is 1.49. The van der Waals surface area contributed by atoms with Gasteiger partial charge in [-0.2, -0.15) is 0 Å². The van der Waals surface area contributed by atoms with E-state index in [9.17, 15) is 4.39 Å². The van der Waals surface area contributed by atoms with Crippen LogP contribution in [0.3, 0.4) is 0 Å². The number of aromatic nitrogens is 2. The summed E-state index contributed by atoms with van der Waals surface area (Å²) in [6.45, 7) is 0. The van der Waals surface area contributed by atoms with Crippen LogP contribution in [0.1, 0.15) is 25.7 Å². The van der Waals surface area contributed by atoms with Gasteiger partial charge in [0.15, 0.2) is 5.82 Å². The molecule has 0 atom stereocenters. The molecular weight excluding hydrogens is 201 g/mol. The van der Waals surface area contributed by atoms with E-state index in [1.807, 2.05) is 0 Å². The van der Waals surface area contributed by atoms with Crippen LogP contribution < -0.4 is 5.73 Å². The quantitative estimate of drug-likeness (QED) is 0.765. The predicted octanol–water partition coefficient (Wildman–Crippen LogP) is 2.23. The Bertz CT molecular complexity index is 326. The third-order valence-corrected chi connectivity index (χ3v) is 3.63. The van der Waals surface area contributed by atoms with E-state index >= 15 is 0 Å². The zero-order valence-corrected chi connectivity index (χ0v) is 8.56. The van der Waals surface area contributed by atoms with Gasteiger partial charge >= 0.3 is 0 Å². The molecule has 0 saturated heterocycles. The Balaban J connectivity index is 2.10. The molecule has 1 saturated carbocycles. The maximum atomic E-state index is 13.2. The summed E-state index contributed by atoms with van der Waals surface area (Å²) in [5, 5.41) is 0.892. The molecule has 1 aromatic heterocycles. The Labute approximate surface area is 86.3 Å². The van der Waals surface area contributed by atoms with Gasteiger partial charge in [-0.15, -0.1) is 0 Å². The SMILES string of the molecule is Nc1ncc(F)c(SC2CCCC2)n1. The highest BCUT2D eigenvalue weighted by Gasteiger charge is 2.19. The van der Waals surface area contributed by atoms with Crippen LogP contribution in [0.4, 0.5) is 10.3 Å². The highest BCUT2D eigenvalue weighted by atomic mass is 32.2. The van der Waals surface area contributed by atoms with Gasteiger partial charge in [-0.1, -0.05) is 24.6 Å². The van der Waals surface area contributed by atoms with Gasteiger partial charge in [0.25, 0.3) is 0 Å². The van der Waals surface area contributed by atoms with Crippen molar-refractivity contribution >= 4 is 17.7 Å². The van der Waals surface area contributed by atoms with Crippen LogP contribution in [0.2, 0.25) is 0 Å². The van der Waals surface area contributed by atoms with E-state index in [-0.39, 0.29) is 11.8 Å². The number of rotatable bonds is 2. The topological polar surface area (TPSA) is 51.8 Å². The van der Waals surface area contributed by atoms with Crippen molar-refractivity contribution in [2.75, 3.05) is 5.73 Å². The van der Waals surface area contributed by atoms with Crippen molar-refractivity contribution in [1.29, 1.82) is 0 Å². The number of hydrogen-bond donors (Lipinski definition) is 1. The zero-order valence-electron chi connectivity index (χ0n) is 7.74. The average molecular weight is 213 g/mol. The van der Waals surface area contributed by atoms with E-state index in [0.29, 0.717) is 10.3 Å². The number of thioether (sulfide) groups is 1. The smallest absolute Gasteiger partial charge is 0.221 e. The van der Waals surface area contributed by atoms with E-state index in [2.05, 4.69) is 9.97 Å². The summed E-state index contributed by atoms with van der Waals surface area (Å²) in [5.74, 6) is -0.219. The summed E-state index contributed by atoms with van der Waals surface area (Å²) in [4.78, 5) is 7.48. The van der Waals surface area contributed by atoms with Crippen molar-refractivity contribution < 1.29 is 4.39 Å². The second-order valence-corrected chi connectivity index (χ2v) is 4.69. The Morgan fingerprint density at radius 3 is 2.86 bits per heavy atom. The molecule has 0 bridgehead atoms. The van der Waals surface area contributed by atoms with Crippen molar-refractivity contribution in [2.45, 2.75) is 36.0 Å². The first kappa shape index (κ1) is 9.71.